The lowest BCUT2D eigenvalue weighted by Crippen LogP contribution is -2.30. The van der Waals surface area contributed by atoms with Gasteiger partial charge in [-0.25, -0.2) is 4.98 Å². The Labute approximate surface area is 159 Å². The number of methoxy groups -OCH3 is 2. The summed E-state index contributed by atoms with van der Waals surface area (Å²) in [6, 6.07) is 8.86. The van der Waals surface area contributed by atoms with Gasteiger partial charge in [0, 0.05) is 12.1 Å². The normalized spacial score (nSPS) is 12.5. The topological polar surface area (TPSA) is 90.9 Å². The summed E-state index contributed by atoms with van der Waals surface area (Å²) in [7, 11) is 3.00. The van der Waals surface area contributed by atoms with Gasteiger partial charge in [0.2, 0.25) is 5.13 Å². The van der Waals surface area contributed by atoms with Crippen molar-refractivity contribution in [1.82, 2.24) is 10.4 Å². The van der Waals surface area contributed by atoms with E-state index in [4.69, 9.17) is 18.9 Å². The number of carbonyl (C=O) groups excluding carboxylic acids is 1. The number of fused-ring (bicyclic) bond motifs is 2. The number of ether oxygens (including phenoxy) is 4. The van der Waals surface area contributed by atoms with E-state index in [9.17, 15) is 4.79 Å². The summed E-state index contributed by atoms with van der Waals surface area (Å²) < 4.78 is 22.6. The van der Waals surface area contributed by atoms with Crippen LogP contribution in [0.3, 0.4) is 0 Å². The van der Waals surface area contributed by atoms with Crippen molar-refractivity contribution in [2.75, 3.05) is 32.9 Å². The van der Waals surface area contributed by atoms with E-state index >= 15 is 0 Å². The van der Waals surface area contributed by atoms with Crippen molar-refractivity contribution in [3.05, 3.63) is 35.9 Å². The number of nitrogens with one attached hydrogen (secondary N) is 2. The lowest BCUT2D eigenvalue weighted by molar-refractivity contribution is 0.0956. The first-order chi connectivity index (χ1) is 13.2. The first-order valence-electron chi connectivity index (χ1n) is 8.17. The van der Waals surface area contributed by atoms with E-state index in [-0.39, 0.29) is 0 Å². The monoisotopic (exact) mass is 387 g/mol. The number of aromatic nitrogens is 1. The summed E-state index contributed by atoms with van der Waals surface area (Å²) in [5.41, 5.74) is 6.53. The summed E-state index contributed by atoms with van der Waals surface area (Å²) in [4.78, 5) is 17.1. The minimum absolute atomic E-state index is 0.299. The second-order valence-electron chi connectivity index (χ2n) is 5.60. The van der Waals surface area contributed by atoms with Crippen molar-refractivity contribution in [2.24, 2.45) is 0 Å². The fourth-order valence-corrected chi connectivity index (χ4v) is 3.60. The van der Waals surface area contributed by atoms with E-state index in [1.54, 1.807) is 18.2 Å². The zero-order valence-corrected chi connectivity index (χ0v) is 15.5. The van der Waals surface area contributed by atoms with Crippen molar-refractivity contribution in [3.63, 3.8) is 0 Å². The highest BCUT2D eigenvalue weighted by molar-refractivity contribution is 7.22. The molecule has 0 fully saturated rings. The van der Waals surface area contributed by atoms with E-state index in [2.05, 4.69) is 15.8 Å². The van der Waals surface area contributed by atoms with E-state index in [0.717, 1.165) is 10.2 Å². The SMILES string of the molecule is COc1cccc(OC)c1C(=O)NNc1nc2cc3c(cc2s1)OCCO3. The van der Waals surface area contributed by atoms with Crippen molar-refractivity contribution in [1.29, 1.82) is 0 Å². The maximum atomic E-state index is 12.6. The van der Waals surface area contributed by atoms with Gasteiger partial charge in [0.25, 0.3) is 5.91 Å². The van der Waals surface area contributed by atoms with Gasteiger partial charge in [-0.2, -0.15) is 0 Å². The van der Waals surface area contributed by atoms with Crippen molar-refractivity contribution >= 4 is 32.6 Å². The van der Waals surface area contributed by atoms with Crippen LogP contribution in [-0.4, -0.2) is 38.3 Å². The lowest BCUT2D eigenvalue weighted by atomic mass is 10.1. The predicted molar refractivity (Wildman–Crippen MR) is 101 cm³/mol. The number of nitrogens with zero attached hydrogens (tertiary/aromatic N) is 1. The van der Waals surface area contributed by atoms with Gasteiger partial charge in [0.05, 0.1) is 24.4 Å². The molecule has 9 heteroatoms. The number of anilines is 1. The molecular weight excluding hydrogens is 370 g/mol. The Hall–Kier alpha value is -3.20. The van der Waals surface area contributed by atoms with Gasteiger partial charge in [0.15, 0.2) is 11.5 Å². The van der Waals surface area contributed by atoms with Crippen molar-refractivity contribution < 1.29 is 23.7 Å². The zero-order valence-electron chi connectivity index (χ0n) is 14.7. The van der Waals surface area contributed by atoms with Crippen molar-refractivity contribution in [3.8, 4) is 23.0 Å². The van der Waals surface area contributed by atoms with Crippen LogP contribution in [0.4, 0.5) is 5.13 Å². The number of hydrogen-bond donors (Lipinski definition) is 2. The molecule has 3 aromatic rings. The third-order valence-corrected chi connectivity index (χ3v) is 4.92. The first kappa shape index (κ1) is 17.2. The van der Waals surface area contributed by atoms with E-state index in [1.165, 1.54) is 25.6 Å². The van der Waals surface area contributed by atoms with Crippen LogP contribution in [0.2, 0.25) is 0 Å². The number of hydrazine groups is 1. The second kappa shape index (κ2) is 7.20. The summed E-state index contributed by atoms with van der Waals surface area (Å²) in [6.07, 6.45) is 0. The molecule has 0 saturated heterocycles. The summed E-state index contributed by atoms with van der Waals surface area (Å²) >= 11 is 1.39. The van der Waals surface area contributed by atoms with Gasteiger partial charge in [-0.1, -0.05) is 17.4 Å². The average molecular weight is 387 g/mol. The third-order valence-electron chi connectivity index (χ3n) is 3.99. The molecule has 27 heavy (non-hydrogen) atoms. The fraction of sp³-hybridized carbons (Fsp3) is 0.222. The Morgan fingerprint density at radius 1 is 1.11 bits per heavy atom. The third kappa shape index (κ3) is 3.28. The van der Waals surface area contributed by atoms with Crippen LogP contribution in [-0.2, 0) is 0 Å². The molecule has 2 aromatic carbocycles. The number of benzene rings is 2. The summed E-state index contributed by atoms with van der Waals surface area (Å²) in [5.74, 6) is 1.81. The van der Waals surface area contributed by atoms with Gasteiger partial charge in [-0.05, 0) is 12.1 Å². The van der Waals surface area contributed by atoms with Gasteiger partial charge in [0.1, 0.15) is 30.3 Å². The molecule has 1 aromatic heterocycles. The van der Waals surface area contributed by atoms with E-state index < -0.39 is 5.91 Å². The zero-order chi connectivity index (χ0) is 18.8. The van der Waals surface area contributed by atoms with Gasteiger partial charge < -0.3 is 18.9 Å². The number of hydrogen-bond acceptors (Lipinski definition) is 8. The highest BCUT2D eigenvalue weighted by atomic mass is 32.1. The second-order valence-corrected chi connectivity index (χ2v) is 6.63. The molecule has 0 atom stereocenters. The maximum absolute atomic E-state index is 12.6. The molecule has 4 rings (SSSR count). The predicted octanol–water partition coefficient (Wildman–Crippen LogP) is 2.84. The van der Waals surface area contributed by atoms with Crippen LogP contribution in [0.25, 0.3) is 10.2 Å². The standard InChI is InChI=1S/C18H17N3O5S/c1-23-11-4-3-5-12(24-2)16(11)17(22)20-21-18-19-10-8-13-14(9-15(10)27-18)26-7-6-25-13/h3-5,8-9H,6-7H2,1-2H3,(H,19,21)(H,20,22). The molecule has 0 radical (unpaired) electrons. The minimum atomic E-state index is -0.394. The number of thiazole rings is 1. The number of carbonyl (C=O) groups is 1. The number of rotatable bonds is 5. The molecule has 140 valence electrons. The highest BCUT2D eigenvalue weighted by Gasteiger charge is 2.19. The van der Waals surface area contributed by atoms with Crippen molar-refractivity contribution in [2.45, 2.75) is 0 Å². The van der Waals surface area contributed by atoms with Crippen LogP contribution in [0.5, 0.6) is 23.0 Å². The van der Waals surface area contributed by atoms with Crippen LogP contribution in [0, 0.1) is 0 Å². The molecular formula is C18H17N3O5S. The van der Waals surface area contributed by atoms with E-state index in [1.807, 2.05) is 12.1 Å². The van der Waals surface area contributed by atoms with E-state index in [0.29, 0.717) is 46.9 Å². The Kier molecular flexibility index (Phi) is 4.59. The Bertz CT molecular complexity index is 939. The largest absolute Gasteiger partial charge is 0.496 e. The summed E-state index contributed by atoms with van der Waals surface area (Å²) in [6.45, 7) is 1.05. The fourth-order valence-electron chi connectivity index (χ4n) is 2.77. The molecule has 8 nitrogen and oxygen atoms in total. The lowest BCUT2D eigenvalue weighted by Gasteiger charge is -2.17. The Morgan fingerprint density at radius 3 is 2.44 bits per heavy atom. The van der Waals surface area contributed by atoms with Crippen LogP contribution >= 0.6 is 11.3 Å². The molecule has 1 aliphatic rings. The molecule has 1 amide bonds. The van der Waals surface area contributed by atoms with Gasteiger partial charge in [-0.15, -0.1) is 0 Å². The molecule has 0 unspecified atom stereocenters. The molecule has 2 N–H and O–H groups in total. The minimum Gasteiger partial charge on any atom is -0.496 e. The molecule has 0 saturated carbocycles. The smallest absolute Gasteiger partial charge is 0.277 e. The Morgan fingerprint density at radius 2 is 1.78 bits per heavy atom. The average Bonchev–Trinajstić information content (AvgIpc) is 3.11. The van der Waals surface area contributed by atoms with Gasteiger partial charge >= 0.3 is 0 Å². The molecule has 1 aliphatic heterocycles. The quantitative estimate of drug-likeness (QED) is 0.651. The van der Waals surface area contributed by atoms with Gasteiger partial charge in [-0.3, -0.25) is 15.6 Å². The highest BCUT2D eigenvalue weighted by Crippen LogP contribution is 2.37. The molecule has 0 bridgehead atoms. The molecule has 0 spiro atoms. The first-order valence-corrected chi connectivity index (χ1v) is 8.99. The maximum Gasteiger partial charge on any atom is 0.277 e. The van der Waals surface area contributed by atoms with Crippen LogP contribution in [0.15, 0.2) is 30.3 Å². The van der Waals surface area contributed by atoms with Crippen LogP contribution < -0.4 is 29.8 Å². The molecule has 2 heterocycles. The molecule has 0 aliphatic carbocycles. The summed E-state index contributed by atoms with van der Waals surface area (Å²) in [5, 5.41) is 0.537. The Balaban J connectivity index is 1.54. The number of amides is 1. The van der Waals surface area contributed by atoms with Crippen LogP contribution in [0.1, 0.15) is 10.4 Å².